The van der Waals surface area contributed by atoms with E-state index in [-0.39, 0.29) is 38.6 Å². The molecule has 0 bridgehead atoms. The molecule has 9 heteroatoms. The van der Waals surface area contributed by atoms with E-state index in [1.54, 1.807) is 0 Å². The highest BCUT2D eigenvalue weighted by Crippen LogP contribution is 2.11. The van der Waals surface area contributed by atoms with Gasteiger partial charge in [-0.15, -0.1) is 0 Å². The Bertz CT molecular complexity index is 1550. The van der Waals surface area contributed by atoms with E-state index < -0.39 is 24.3 Å². The number of carboxylic acid groups (broad SMARTS) is 1. The number of esters is 2. The number of carboxylic acids is 1. The number of ether oxygens (including phenoxy) is 4. The number of hydrogen-bond acceptors (Lipinski definition) is 7. The predicted molar refractivity (Wildman–Crippen MR) is 281 cm³/mol. The van der Waals surface area contributed by atoms with Crippen molar-refractivity contribution in [2.24, 2.45) is 0 Å². The summed E-state index contributed by atoms with van der Waals surface area (Å²) in [5.41, 5.74) is 0. The molecule has 0 aliphatic rings. The summed E-state index contributed by atoms with van der Waals surface area (Å²) in [5.74, 6) is -2.12. The molecule has 0 rings (SSSR count). The van der Waals surface area contributed by atoms with Gasteiger partial charge >= 0.3 is 17.9 Å². The zero-order valence-corrected chi connectivity index (χ0v) is 42.5. The summed E-state index contributed by atoms with van der Waals surface area (Å²) in [7, 11) is 5.92. The van der Waals surface area contributed by atoms with Crippen molar-refractivity contribution in [3.8, 4) is 0 Å². The lowest BCUT2D eigenvalue weighted by Gasteiger charge is -2.25. The number of hydrogen-bond donors (Lipinski definition) is 1. The molecule has 2 unspecified atom stereocenters. The second-order valence-electron chi connectivity index (χ2n) is 17.4. The van der Waals surface area contributed by atoms with Gasteiger partial charge in [0.25, 0.3) is 6.29 Å². The maximum atomic E-state index is 12.8. The molecule has 0 aromatic rings. The largest absolute Gasteiger partial charge is 0.477 e. The van der Waals surface area contributed by atoms with Crippen molar-refractivity contribution in [1.29, 1.82) is 0 Å². The maximum absolute atomic E-state index is 12.8. The predicted octanol–water partition coefficient (Wildman–Crippen LogP) is 14.3. The molecule has 0 radical (unpaired) electrons. The third kappa shape index (κ3) is 49.2. The smallest absolute Gasteiger partial charge is 0.361 e. The van der Waals surface area contributed by atoms with Gasteiger partial charge in [0.05, 0.1) is 34.4 Å². The van der Waals surface area contributed by atoms with Crippen LogP contribution in [0.1, 0.15) is 155 Å². The molecule has 67 heavy (non-hydrogen) atoms. The van der Waals surface area contributed by atoms with E-state index >= 15 is 0 Å². The maximum Gasteiger partial charge on any atom is 0.361 e. The summed E-state index contributed by atoms with van der Waals surface area (Å²) in [5, 5.41) is 9.67. The first-order valence-corrected chi connectivity index (χ1v) is 25.3. The molecule has 0 aliphatic carbocycles. The molecular weight excluding hydrogens is 839 g/mol. The summed E-state index contributed by atoms with van der Waals surface area (Å²) in [6.45, 7) is 4.53. The Labute approximate surface area is 408 Å². The molecular formula is C58H92NO8+. The second-order valence-corrected chi connectivity index (χ2v) is 17.4. The fourth-order valence-corrected chi connectivity index (χ4v) is 6.04. The van der Waals surface area contributed by atoms with Crippen molar-refractivity contribution in [3.05, 3.63) is 134 Å². The van der Waals surface area contributed by atoms with E-state index in [1.807, 2.05) is 21.1 Å². The van der Waals surface area contributed by atoms with E-state index in [9.17, 15) is 19.5 Å². The van der Waals surface area contributed by atoms with Gasteiger partial charge in [-0.1, -0.05) is 167 Å². The fourth-order valence-electron chi connectivity index (χ4n) is 6.04. The van der Waals surface area contributed by atoms with Crippen molar-refractivity contribution in [1.82, 2.24) is 0 Å². The summed E-state index contributed by atoms with van der Waals surface area (Å²) in [4.78, 5) is 37.3. The first-order chi connectivity index (χ1) is 32.6. The molecule has 0 fully saturated rings. The zero-order chi connectivity index (χ0) is 49.2. The molecule has 0 saturated carbocycles. The number of rotatable bonds is 44. The van der Waals surface area contributed by atoms with Crippen LogP contribution in [0.3, 0.4) is 0 Å². The first-order valence-electron chi connectivity index (χ1n) is 25.3. The normalized spacial score (nSPS) is 14.0. The second kappa shape index (κ2) is 47.9. The molecule has 0 saturated heterocycles. The molecule has 2 atom stereocenters. The highest BCUT2D eigenvalue weighted by Gasteiger charge is 2.25. The number of carbonyl (C=O) groups is 3. The van der Waals surface area contributed by atoms with Crippen molar-refractivity contribution in [3.63, 3.8) is 0 Å². The van der Waals surface area contributed by atoms with Crippen molar-refractivity contribution in [2.45, 2.75) is 167 Å². The lowest BCUT2D eigenvalue weighted by atomic mass is 10.1. The number of carbonyl (C=O) groups excluding carboxylic acids is 2. The number of unbranched alkanes of at least 4 members (excludes halogenated alkanes) is 7. The van der Waals surface area contributed by atoms with Gasteiger partial charge in [0.2, 0.25) is 0 Å². The average Bonchev–Trinajstić information content (AvgIpc) is 3.29. The van der Waals surface area contributed by atoms with E-state index in [4.69, 9.17) is 18.9 Å². The van der Waals surface area contributed by atoms with E-state index in [1.165, 1.54) is 0 Å². The first kappa shape index (κ1) is 62.4. The van der Waals surface area contributed by atoms with Gasteiger partial charge in [-0.2, -0.15) is 0 Å². The third-order valence-electron chi connectivity index (χ3n) is 9.90. The molecule has 0 heterocycles. The fraction of sp³-hybridized carbons (Fsp3) is 0.569. The Kier molecular flexibility index (Phi) is 44.6. The van der Waals surface area contributed by atoms with E-state index in [0.29, 0.717) is 23.9 Å². The van der Waals surface area contributed by atoms with Crippen LogP contribution in [0.2, 0.25) is 0 Å². The van der Waals surface area contributed by atoms with Gasteiger partial charge in [0.1, 0.15) is 13.2 Å². The molecule has 0 aromatic heterocycles. The number of quaternary nitrogens is 1. The summed E-state index contributed by atoms with van der Waals surface area (Å²) >= 11 is 0. The van der Waals surface area contributed by atoms with Crippen LogP contribution in [0.4, 0.5) is 0 Å². The van der Waals surface area contributed by atoms with E-state index in [0.717, 1.165) is 116 Å². The standard InChI is InChI=1S/C58H91NO8/c1-6-8-10-12-14-16-18-20-22-24-26-28-30-32-34-36-38-40-42-44-46-48-55(60)65-52-54(53-66-58(57(62)63)64-51-50-59(3,4)5)67-56(61)49-47-45-43-41-39-37-35-33-31-29-27-25-23-21-19-17-15-13-11-9-7-2/h8-11,14-17,20-23,26-29,32-35,39,41,54,58H,6-7,12-13,18-19,24-25,30-31,36-38,40,42-53H2,1-5H3/p+1/b10-8-,11-9-,16-14-,17-15-,22-20-,23-21-,28-26-,29-27-,34-32-,35-33-,41-39-. The van der Waals surface area contributed by atoms with Crippen LogP contribution < -0.4 is 0 Å². The quantitative estimate of drug-likeness (QED) is 0.0212. The molecule has 0 amide bonds. The topological polar surface area (TPSA) is 108 Å². The zero-order valence-electron chi connectivity index (χ0n) is 42.5. The van der Waals surface area contributed by atoms with Crippen molar-refractivity contribution < 1.29 is 42.9 Å². The van der Waals surface area contributed by atoms with Crippen molar-refractivity contribution >= 4 is 17.9 Å². The molecule has 9 nitrogen and oxygen atoms in total. The number of aliphatic carboxylic acids is 1. The molecule has 376 valence electrons. The van der Waals surface area contributed by atoms with Gasteiger partial charge in [-0.25, -0.2) is 4.79 Å². The molecule has 0 aliphatic heterocycles. The van der Waals surface area contributed by atoms with Crippen LogP contribution in [0.15, 0.2) is 134 Å². The Morgan fingerprint density at radius 1 is 0.448 bits per heavy atom. The Morgan fingerprint density at radius 2 is 0.806 bits per heavy atom. The lowest BCUT2D eigenvalue weighted by Crippen LogP contribution is -2.40. The summed E-state index contributed by atoms with van der Waals surface area (Å²) in [6, 6.07) is 0. The Balaban J connectivity index is 4.52. The van der Waals surface area contributed by atoms with Gasteiger partial charge in [0, 0.05) is 12.8 Å². The minimum atomic E-state index is -1.54. The van der Waals surface area contributed by atoms with E-state index in [2.05, 4.69) is 148 Å². The van der Waals surface area contributed by atoms with Crippen molar-refractivity contribution in [2.75, 3.05) is 47.5 Å². The number of likely N-dealkylation sites (N-methyl/N-ethyl adjacent to an activating group) is 1. The van der Waals surface area contributed by atoms with Gasteiger partial charge in [-0.05, 0) is 109 Å². The van der Waals surface area contributed by atoms with Crippen LogP contribution in [0, 0.1) is 0 Å². The van der Waals surface area contributed by atoms with Gasteiger partial charge in [0.15, 0.2) is 6.10 Å². The third-order valence-corrected chi connectivity index (χ3v) is 9.90. The summed E-state index contributed by atoms with van der Waals surface area (Å²) < 4.78 is 22.7. The molecule has 0 spiro atoms. The SMILES string of the molecule is CC/C=C\C/C=C\C/C=C\C/C=C\C/C=C\C/C=C\CCCCC(=O)OC(COC(=O)CCCCCCC/C=C\C/C=C\C/C=C\C/C=C\C/C=C\CC)COC(OCC[N+](C)(C)C)C(=O)O. The van der Waals surface area contributed by atoms with Gasteiger partial charge in [-0.3, -0.25) is 9.59 Å². The highest BCUT2D eigenvalue weighted by atomic mass is 16.7. The average molecular weight is 931 g/mol. The van der Waals surface area contributed by atoms with Crippen LogP contribution in [-0.4, -0.2) is 87.4 Å². The summed E-state index contributed by atoms with van der Waals surface area (Å²) in [6.07, 6.45) is 65.1. The molecule has 0 aromatic carbocycles. The van der Waals surface area contributed by atoms with Crippen LogP contribution in [-0.2, 0) is 33.3 Å². The number of nitrogens with zero attached hydrogens (tertiary/aromatic N) is 1. The highest BCUT2D eigenvalue weighted by molar-refractivity contribution is 5.71. The Hall–Kier alpha value is -4.57. The number of allylic oxidation sites excluding steroid dienone is 22. The van der Waals surface area contributed by atoms with Crippen LogP contribution in [0.25, 0.3) is 0 Å². The van der Waals surface area contributed by atoms with Crippen LogP contribution >= 0.6 is 0 Å². The van der Waals surface area contributed by atoms with Gasteiger partial charge < -0.3 is 28.5 Å². The minimum Gasteiger partial charge on any atom is -0.477 e. The molecule has 1 N–H and O–H groups in total. The van der Waals surface area contributed by atoms with Crippen LogP contribution in [0.5, 0.6) is 0 Å². The monoisotopic (exact) mass is 931 g/mol. The Morgan fingerprint density at radius 3 is 1.22 bits per heavy atom. The lowest BCUT2D eigenvalue weighted by molar-refractivity contribution is -0.870. The minimum absolute atomic E-state index is 0.167.